The third kappa shape index (κ3) is 2.47. The van der Waals surface area contributed by atoms with Gasteiger partial charge in [0.25, 0.3) is 11.9 Å². The zero-order chi connectivity index (χ0) is 14.9. The van der Waals surface area contributed by atoms with Gasteiger partial charge < -0.3 is 5.32 Å². The summed E-state index contributed by atoms with van der Waals surface area (Å²) in [5.41, 5.74) is -1.07. The van der Waals surface area contributed by atoms with Crippen molar-refractivity contribution in [3.05, 3.63) is 47.8 Å². The van der Waals surface area contributed by atoms with Crippen LogP contribution in [0.3, 0.4) is 0 Å². The van der Waals surface area contributed by atoms with Gasteiger partial charge in [0.15, 0.2) is 11.6 Å². The Bertz CT molecular complexity index is 662. The summed E-state index contributed by atoms with van der Waals surface area (Å²) in [6.07, 6.45) is 0. The Balaban J connectivity index is 2.72. The van der Waals surface area contributed by atoms with Crippen LogP contribution in [0.1, 0.15) is 6.92 Å². The van der Waals surface area contributed by atoms with E-state index in [0.29, 0.717) is 0 Å². The molecule has 0 unspecified atom stereocenters. The van der Waals surface area contributed by atoms with E-state index in [0.717, 1.165) is 0 Å². The molecule has 0 saturated heterocycles. The van der Waals surface area contributed by atoms with Crippen LogP contribution in [0.2, 0.25) is 0 Å². The lowest BCUT2D eigenvalue weighted by atomic mass is 10.0. The summed E-state index contributed by atoms with van der Waals surface area (Å²) in [6.45, 7) is 1.19. The molecule has 0 radical (unpaired) electrons. The van der Waals surface area contributed by atoms with E-state index in [2.05, 4.69) is 10.3 Å². The van der Waals surface area contributed by atoms with Crippen molar-refractivity contribution in [2.45, 2.75) is 6.92 Å². The number of nitrogens with zero attached hydrogens (tertiary/aromatic N) is 1. The number of aromatic nitrogens is 1. The highest BCUT2D eigenvalue weighted by Crippen LogP contribution is 2.33. The minimum Gasteiger partial charge on any atom is -0.326 e. The number of pyridine rings is 1. The van der Waals surface area contributed by atoms with Crippen molar-refractivity contribution in [1.29, 1.82) is 0 Å². The Morgan fingerprint density at radius 3 is 2.15 bits per heavy atom. The van der Waals surface area contributed by atoms with Crippen LogP contribution >= 0.6 is 0 Å². The topological polar surface area (TPSA) is 42.0 Å². The number of hydrogen-bond acceptors (Lipinski definition) is 2. The lowest BCUT2D eigenvalue weighted by molar-refractivity contribution is -0.114. The molecule has 0 bridgehead atoms. The van der Waals surface area contributed by atoms with Gasteiger partial charge in [-0.1, -0.05) is 18.2 Å². The van der Waals surface area contributed by atoms with Gasteiger partial charge in [-0.05, 0) is 6.07 Å². The quantitative estimate of drug-likeness (QED) is 0.679. The van der Waals surface area contributed by atoms with Gasteiger partial charge in [-0.3, -0.25) is 4.79 Å². The van der Waals surface area contributed by atoms with Crippen molar-refractivity contribution in [1.82, 2.24) is 4.98 Å². The highest BCUT2D eigenvalue weighted by molar-refractivity contribution is 5.94. The minimum atomic E-state index is -1.75. The molecule has 104 valence electrons. The predicted molar refractivity (Wildman–Crippen MR) is 63.8 cm³/mol. The van der Waals surface area contributed by atoms with Gasteiger partial charge in [-0.25, -0.2) is 8.78 Å². The fraction of sp³-hybridized carbons (Fsp3) is 0.0769. The van der Waals surface area contributed by atoms with E-state index in [1.807, 2.05) is 0 Å². The Hall–Kier alpha value is -2.44. The summed E-state index contributed by atoms with van der Waals surface area (Å²) in [6, 6.07) is 5.49. The average molecular weight is 284 g/mol. The van der Waals surface area contributed by atoms with E-state index in [9.17, 15) is 22.4 Å². The molecule has 0 aliphatic rings. The molecule has 0 aliphatic heterocycles. The number of halogens is 4. The molecule has 0 aliphatic carbocycles. The Labute approximate surface area is 111 Å². The molecule has 1 amide bonds. The predicted octanol–water partition coefficient (Wildman–Crippen LogP) is 3.26. The highest BCUT2D eigenvalue weighted by Gasteiger charge is 2.23. The fourth-order valence-corrected chi connectivity index (χ4v) is 1.72. The number of carbonyl (C=O) groups is 1. The third-order valence-corrected chi connectivity index (χ3v) is 2.50. The Kier molecular flexibility index (Phi) is 3.69. The van der Waals surface area contributed by atoms with Crippen LogP contribution in [0, 0.1) is 23.5 Å². The van der Waals surface area contributed by atoms with E-state index in [4.69, 9.17) is 0 Å². The second-order valence-electron chi connectivity index (χ2n) is 3.92. The van der Waals surface area contributed by atoms with Crippen molar-refractivity contribution in [2.75, 3.05) is 5.32 Å². The zero-order valence-electron chi connectivity index (χ0n) is 10.2. The lowest BCUT2D eigenvalue weighted by Gasteiger charge is -2.11. The maximum Gasteiger partial charge on any atom is 0.252 e. The molecule has 2 rings (SSSR count). The molecule has 0 atom stereocenters. The van der Waals surface area contributed by atoms with E-state index in [1.165, 1.54) is 31.2 Å². The first-order chi connectivity index (χ1) is 9.41. The largest absolute Gasteiger partial charge is 0.326 e. The van der Waals surface area contributed by atoms with Crippen molar-refractivity contribution < 1.29 is 22.4 Å². The van der Waals surface area contributed by atoms with E-state index >= 15 is 0 Å². The van der Waals surface area contributed by atoms with Crippen LogP contribution in [-0.2, 0) is 4.79 Å². The number of carbonyl (C=O) groups excluding carboxylic acids is 1. The molecule has 7 heteroatoms. The van der Waals surface area contributed by atoms with E-state index in [-0.39, 0.29) is 11.3 Å². The van der Waals surface area contributed by atoms with Crippen molar-refractivity contribution in [2.24, 2.45) is 0 Å². The van der Waals surface area contributed by atoms with Gasteiger partial charge in [0, 0.05) is 18.2 Å². The number of amides is 1. The van der Waals surface area contributed by atoms with Crippen molar-refractivity contribution >= 4 is 11.6 Å². The number of benzene rings is 1. The van der Waals surface area contributed by atoms with Gasteiger partial charge in [-0.15, -0.1) is 0 Å². The van der Waals surface area contributed by atoms with E-state index in [1.54, 1.807) is 0 Å². The molecule has 2 aromatic rings. The summed E-state index contributed by atoms with van der Waals surface area (Å²) >= 11 is 0. The van der Waals surface area contributed by atoms with Crippen LogP contribution in [0.15, 0.2) is 24.3 Å². The van der Waals surface area contributed by atoms with Crippen LogP contribution < -0.4 is 5.32 Å². The summed E-state index contributed by atoms with van der Waals surface area (Å²) in [5, 5.41) is 2.33. The van der Waals surface area contributed by atoms with Crippen LogP contribution in [0.5, 0.6) is 0 Å². The van der Waals surface area contributed by atoms with Gasteiger partial charge in [0.2, 0.25) is 5.91 Å². The monoisotopic (exact) mass is 284 g/mol. The van der Waals surface area contributed by atoms with Crippen molar-refractivity contribution in [3.63, 3.8) is 0 Å². The average Bonchev–Trinajstić information content (AvgIpc) is 2.38. The molecule has 0 spiro atoms. The zero-order valence-corrected chi connectivity index (χ0v) is 10.2. The van der Waals surface area contributed by atoms with Crippen LogP contribution in [0.4, 0.5) is 23.2 Å². The fourth-order valence-electron chi connectivity index (χ4n) is 1.72. The number of anilines is 1. The standard InChI is InChI=1S/C13H8F4N2O/c1-6(20)18-8-5-3-2-4-7(8)9-10(14)12(16)19-13(17)11(9)15/h2-5H,1H3,(H,18,20). The van der Waals surface area contributed by atoms with Crippen LogP contribution in [0.25, 0.3) is 11.1 Å². The molecular formula is C13H8F4N2O. The second-order valence-corrected chi connectivity index (χ2v) is 3.92. The summed E-state index contributed by atoms with van der Waals surface area (Å²) < 4.78 is 53.6. The van der Waals surface area contributed by atoms with Gasteiger partial charge in [-0.2, -0.15) is 13.8 Å². The number of nitrogens with one attached hydrogen (secondary N) is 1. The summed E-state index contributed by atoms with van der Waals surface area (Å²) in [5.74, 6) is -7.25. The molecule has 1 aromatic heterocycles. The van der Waals surface area contributed by atoms with Gasteiger partial charge >= 0.3 is 0 Å². The number of rotatable bonds is 2. The van der Waals surface area contributed by atoms with Gasteiger partial charge in [0.1, 0.15) is 0 Å². The van der Waals surface area contributed by atoms with Gasteiger partial charge in [0.05, 0.1) is 5.56 Å². The Morgan fingerprint density at radius 2 is 1.60 bits per heavy atom. The highest BCUT2D eigenvalue weighted by atomic mass is 19.2. The molecule has 20 heavy (non-hydrogen) atoms. The molecular weight excluding hydrogens is 276 g/mol. The number of para-hydroxylation sites is 1. The maximum atomic E-state index is 13.7. The second kappa shape index (κ2) is 5.28. The minimum absolute atomic E-state index is 0.0304. The lowest BCUT2D eigenvalue weighted by Crippen LogP contribution is -2.09. The molecule has 1 N–H and O–H groups in total. The molecule has 1 heterocycles. The summed E-state index contributed by atoms with van der Waals surface area (Å²) in [7, 11) is 0. The molecule has 0 fully saturated rings. The smallest absolute Gasteiger partial charge is 0.252 e. The maximum absolute atomic E-state index is 13.7. The first-order valence-electron chi connectivity index (χ1n) is 5.48. The van der Waals surface area contributed by atoms with Crippen LogP contribution in [-0.4, -0.2) is 10.9 Å². The normalized spacial score (nSPS) is 10.4. The molecule has 0 saturated carbocycles. The first kappa shape index (κ1) is 14.0. The summed E-state index contributed by atoms with van der Waals surface area (Å²) in [4.78, 5) is 13.5. The number of hydrogen-bond donors (Lipinski definition) is 1. The molecule has 1 aromatic carbocycles. The van der Waals surface area contributed by atoms with Crippen molar-refractivity contribution in [3.8, 4) is 11.1 Å². The Morgan fingerprint density at radius 1 is 1.05 bits per heavy atom. The van der Waals surface area contributed by atoms with E-state index < -0.39 is 35.0 Å². The molecule has 3 nitrogen and oxygen atoms in total. The third-order valence-electron chi connectivity index (χ3n) is 2.50. The first-order valence-corrected chi connectivity index (χ1v) is 5.48. The SMILES string of the molecule is CC(=O)Nc1ccccc1-c1c(F)c(F)nc(F)c1F.